The van der Waals surface area contributed by atoms with Gasteiger partial charge < -0.3 is 4.84 Å². The van der Waals surface area contributed by atoms with Crippen molar-refractivity contribution in [3.63, 3.8) is 0 Å². The standard InChI is InChI=1S/C8H12N2O/c1-2-9-10-11-8-6-4-3-5-7-8/h3-7,9-10H,2H2,1H3. The normalized spacial score (nSPS) is 9.55. The third kappa shape index (κ3) is 3.02. The molecule has 0 heterocycles. The largest absolute Gasteiger partial charge is 0.394 e. The summed E-state index contributed by atoms with van der Waals surface area (Å²) >= 11 is 0. The van der Waals surface area contributed by atoms with Gasteiger partial charge in [-0.1, -0.05) is 30.7 Å². The lowest BCUT2D eigenvalue weighted by molar-refractivity contribution is 0.152. The highest BCUT2D eigenvalue weighted by Crippen LogP contribution is 2.05. The minimum absolute atomic E-state index is 0.799. The van der Waals surface area contributed by atoms with Gasteiger partial charge in [0.15, 0.2) is 0 Å². The van der Waals surface area contributed by atoms with Crippen LogP contribution in [0.1, 0.15) is 6.92 Å². The smallest absolute Gasteiger partial charge is 0.149 e. The molecular weight excluding hydrogens is 140 g/mol. The SMILES string of the molecule is CCNNOc1ccccc1. The monoisotopic (exact) mass is 152 g/mol. The van der Waals surface area contributed by atoms with Gasteiger partial charge in [0.05, 0.1) is 0 Å². The molecule has 0 aliphatic rings. The zero-order valence-electron chi connectivity index (χ0n) is 6.50. The Balaban J connectivity index is 2.28. The van der Waals surface area contributed by atoms with E-state index >= 15 is 0 Å². The first-order chi connectivity index (χ1) is 5.43. The molecule has 0 amide bonds. The minimum Gasteiger partial charge on any atom is -0.394 e. The van der Waals surface area contributed by atoms with E-state index in [0.29, 0.717) is 0 Å². The molecule has 0 spiro atoms. The Morgan fingerprint density at radius 1 is 1.27 bits per heavy atom. The summed E-state index contributed by atoms with van der Waals surface area (Å²) in [5.41, 5.74) is 5.43. The predicted molar refractivity (Wildman–Crippen MR) is 43.9 cm³/mol. The average molecular weight is 152 g/mol. The van der Waals surface area contributed by atoms with Crippen LogP contribution < -0.4 is 15.9 Å². The number of nitrogens with one attached hydrogen (secondary N) is 2. The zero-order chi connectivity index (χ0) is 7.94. The molecule has 1 aromatic carbocycles. The molecule has 0 aliphatic heterocycles. The Morgan fingerprint density at radius 3 is 2.64 bits per heavy atom. The van der Waals surface area contributed by atoms with Crippen LogP contribution in [0.2, 0.25) is 0 Å². The molecule has 0 saturated carbocycles. The Bertz CT molecular complexity index is 189. The number of para-hydroxylation sites is 1. The lowest BCUT2D eigenvalue weighted by atomic mass is 10.3. The summed E-state index contributed by atoms with van der Waals surface area (Å²) in [6.45, 7) is 2.81. The van der Waals surface area contributed by atoms with Crippen molar-refractivity contribution in [3.05, 3.63) is 30.3 Å². The summed E-state index contributed by atoms with van der Waals surface area (Å²) < 4.78 is 0. The quantitative estimate of drug-likeness (QED) is 0.500. The highest BCUT2D eigenvalue weighted by atomic mass is 16.7. The number of hydrogen-bond donors (Lipinski definition) is 2. The molecule has 0 radical (unpaired) electrons. The second-order valence-electron chi connectivity index (χ2n) is 2.05. The average Bonchev–Trinajstić information content (AvgIpc) is 2.07. The summed E-state index contributed by atoms with van der Waals surface area (Å²) in [6, 6.07) is 9.54. The van der Waals surface area contributed by atoms with Crippen LogP contribution in [0.15, 0.2) is 30.3 Å². The fourth-order valence-electron chi connectivity index (χ4n) is 0.656. The van der Waals surface area contributed by atoms with Crippen LogP contribution in [-0.4, -0.2) is 6.54 Å². The van der Waals surface area contributed by atoms with E-state index in [9.17, 15) is 0 Å². The lowest BCUT2D eigenvalue weighted by Crippen LogP contribution is -2.34. The van der Waals surface area contributed by atoms with Crippen molar-refractivity contribution in [1.29, 1.82) is 0 Å². The number of hydrazine groups is 1. The van der Waals surface area contributed by atoms with Crippen LogP contribution in [0, 0.1) is 0 Å². The molecule has 2 N–H and O–H groups in total. The van der Waals surface area contributed by atoms with Crippen molar-refractivity contribution >= 4 is 0 Å². The molecule has 0 unspecified atom stereocenters. The van der Waals surface area contributed by atoms with Crippen molar-refractivity contribution < 1.29 is 4.84 Å². The van der Waals surface area contributed by atoms with Crippen molar-refractivity contribution in [2.75, 3.05) is 6.54 Å². The van der Waals surface area contributed by atoms with Crippen LogP contribution in [0.5, 0.6) is 5.75 Å². The van der Waals surface area contributed by atoms with Crippen LogP contribution in [0.3, 0.4) is 0 Å². The molecule has 0 saturated heterocycles. The molecule has 0 bridgehead atoms. The summed E-state index contributed by atoms with van der Waals surface area (Å²) in [7, 11) is 0. The molecule has 0 atom stereocenters. The molecule has 3 heteroatoms. The van der Waals surface area contributed by atoms with Crippen molar-refractivity contribution in [2.24, 2.45) is 0 Å². The van der Waals surface area contributed by atoms with E-state index in [-0.39, 0.29) is 0 Å². The van der Waals surface area contributed by atoms with Crippen molar-refractivity contribution in [3.8, 4) is 5.75 Å². The first-order valence-electron chi connectivity index (χ1n) is 3.63. The molecule has 0 aliphatic carbocycles. The highest BCUT2D eigenvalue weighted by molar-refractivity contribution is 5.20. The van der Waals surface area contributed by atoms with Crippen LogP contribution >= 0.6 is 0 Å². The van der Waals surface area contributed by atoms with Gasteiger partial charge in [0.1, 0.15) is 5.75 Å². The molecule has 1 rings (SSSR count). The maximum atomic E-state index is 5.09. The Hall–Kier alpha value is -1.06. The van der Waals surface area contributed by atoms with Gasteiger partial charge in [0.25, 0.3) is 0 Å². The van der Waals surface area contributed by atoms with E-state index in [1.807, 2.05) is 37.3 Å². The summed E-state index contributed by atoms with van der Waals surface area (Å²) in [5, 5.41) is 0. The Labute approximate surface area is 66.3 Å². The van der Waals surface area contributed by atoms with Gasteiger partial charge in [-0.2, -0.15) is 0 Å². The highest BCUT2D eigenvalue weighted by Gasteiger charge is 1.86. The maximum absolute atomic E-state index is 5.09. The zero-order valence-corrected chi connectivity index (χ0v) is 6.50. The molecular formula is C8H12N2O. The van der Waals surface area contributed by atoms with Gasteiger partial charge in [-0.3, -0.25) is 0 Å². The second kappa shape index (κ2) is 4.71. The lowest BCUT2D eigenvalue weighted by Gasteiger charge is -2.05. The minimum atomic E-state index is 0.799. The van der Waals surface area contributed by atoms with Gasteiger partial charge in [-0.25, -0.2) is 5.43 Å². The van der Waals surface area contributed by atoms with E-state index in [1.165, 1.54) is 0 Å². The number of benzene rings is 1. The van der Waals surface area contributed by atoms with Crippen LogP contribution in [0.4, 0.5) is 0 Å². The van der Waals surface area contributed by atoms with E-state index < -0.39 is 0 Å². The van der Waals surface area contributed by atoms with E-state index in [2.05, 4.69) is 11.0 Å². The van der Waals surface area contributed by atoms with Gasteiger partial charge in [0.2, 0.25) is 0 Å². The van der Waals surface area contributed by atoms with Gasteiger partial charge >= 0.3 is 0 Å². The molecule has 0 fully saturated rings. The van der Waals surface area contributed by atoms with Gasteiger partial charge in [-0.05, 0) is 12.1 Å². The second-order valence-corrected chi connectivity index (χ2v) is 2.05. The fraction of sp³-hybridized carbons (Fsp3) is 0.250. The van der Waals surface area contributed by atoms with Crippen molar-refractivity contribution in [2.45, 2.75) is 6.92 Å². The number of rotatable bonds is 4. The van der Waals surface area contributed by atoms with Gasteiger partial charge in [-0.15, -0.1) is 0 Å². The Morgan fingerprint density at radius 2 is 2.00 bits per heavy atom. The first kappa shape index (κ1) is 8.04. The van der Waals surface area contributed by atoms with Crippen LogP contribution in [0.25, 0.3) is 0 Å². The van der Waals surface area contributed by atoms with Gasteiger partial charge in [0, 0.05) is 6.54 Å². The first-order valence-corrected chi connectivity index (χ1v) is 3.63. The topological polar surface area (TPSA) is 33.3 Å². The van der Waals surface area contributed by atoms with Crippen LogP contribution in [-0.2, 0) is 0 Å². The summed E-state index contributed by atoms with van der Waals surface area (Å²) in [5.74, 6) is 0.799. The molecule has 11 heavy (non-hydrogen) atoms. The third-order valence-corrected chi connectivity index (χ3v) is 1.16. The maximum Gasteiger partial charge on any atom is 0.149 e. The molecule has 0 aromatic heterocycles. The number of hydrogen-bond acceptors (Lipinski definition) is 3. The summed E-state index contributed by atoms with van der Waals surface area (Å²) in [4.78, 5) is 5.09. The van der Waals surface area contributed by atoms with E-state index in [0.717, 1.165) is 12.3 Å². The van der Waals surface area contributed by atoms with Crippen molar-refractivity contribution in [1.82, 2.24) is 11.0 Å². The third-order valence-electron chi connectivity index (χ3n) is 1.16. The molecule has 3 nitrogen and oxygen atoms in total. The fourth-order valence-corrected chi connectivity index (χ4v) is 0.656. The van der Waals surface area contributed by atoms with E-state index in [4.69, 9.17) is 4.84 Å². The molecule has 1 aromatic rings. The molecule has 60 valence electrons. The Kier molecular flexibility index (Phi) is 3.44. The predicted octanol–water partition coefficient (Wildman–Crippen LogP) is 1.09. The summed E-state index contributed by atoms with van der Waals surface area (Å²) in [6.07, 6.45) is 0. The van der Waals surface area contributed by atoms with E-state index in [1.54, 1.807) is 0 Å².